The van der Waals surface area contributed by atoms with E-state index < -0.39 is 0 Å². The molecule has 0 amide bonds. The number of aryl methyl sites for hydroxylation is 2. The van der Waals surface area contributed by atoms with E-state index in [4.69, 9.17) is 12.2 Å². The highest BCUT2D eigenvalue weighted by atomic mass is 32.1. The molecule has 1 aromatic carbocycles. The summed E-state index contributed by atoms with van der Waals surface area (Å²) in [4.78, 5) is 11.5. The highest BCUT2D eigenvalue weighted by molar-refractivity contribution is 7.71. The molecule has 0 aliphatic carbocycles. The average Bonchev–Trinajstić information content (AvgIpc) is 2.48. The Bertz CT molecular complexity index is 578. The SMILES string of the molecule is Cc1ccc(-n2c(=O)[nH][nH]c2=S)c(C)c1. The van der Waals surface area contributed by atoms with E-state index >= 15 is 0 Å². The second-order valence-corrected chi connectivity index (χ2v) is 3.87. The minimum atomic E-state index is -0.244. The largest absolute Gasteiger partial charge is 0.347 e. The predicted octanol–water partition coefficient (Wildman–Crippen LogP) is 1.84. The number of hydrogen-bond acceptors (Lipinski definition) is 2. The average molecular weight is 221 g/mol. The molecule has 0 saturated carbocycles. The molecule has 0 spiro atoms. The summed E-state index contributed by atoms with van der Waals surface area (Å²) < 4.78 is 1.83. The monoisotopic (exact) mass is 221 g/mol. The summed E-state index contributed by atoms with van der Waals surface area (Å²) in [5, 5.41) is 5.07. The molecule has 0 radical (unpaired) electrons. The minimum Gasteiger partial charge on any atom is -0.272 e. The van der Waals surface area contributed by atoms with Crippen LogP contribution in [-0.4, -0.2) is 14.8 Å². The maximum Gasteiger partial charge on any atom is 0.347 e. The number of aromatic nitrogens is 3. The van der Waals surface area contributed by atoms with Crippen molar-refractivity contribution in [2.45, 2.75) is 13.8 Å². The predicted molar refractivity (Wildman–Crippen MR) is 61.0 cm³/mol. The molecule has 5 heteroatoms. The van der Waals surface area contributed by atoms with Crippen LogP contribution in [0, 0.1) is 18.6 Å². The molecule has 0 saturated heterocycles. The van der Waals surface area contributed by atoms with Crippen LogP contribution in [0.15, 0.2) is 23.0 Å². The zero-order valence-electron chi connectivity index (χ0n) is 8.50. The molecule has 0 aliphatic heterocycles. The Morgan fingerprint density at radius 2 is 2.00 bits per heavy atom. The van der Waals surface area contributed by atoms with E-state index in [1.54, 1.807) is 0 Å². The molecule has 0 fully saturated rings. The molecular formula is C10H11N3OS. The molecule has 4 nitrogen and oxygen atoms in total. The van der Waals surface area contributed by atoms with Crippen LogP contribution in [-0.2, 0) is 0 Å². The van der Waals surface area contributed by atoms with Crippen molar-refractivity contribution < 1.29 is 0 Å². The summed E-state index contributed by atoms with van der Waals surface area (Å²) in [6, 6.07) is 5.86. The Balaban J connectivity index is 2.75. The van der Waals surface area contributed by atoms with E-state index in [-0.39, 0.29) is 5.69 Å². The lowest BCUT2D eigenvalue weighted by Crippen LogP contribution is -2.15. The van der Waals surface area contributed by atoms with E-state index in [1.165, 1.54) is 4.57 Å². The summed E-state index contributed by atoms with van der Waals surface area (Å²) in [6.07, 6.45) is 0. The van der Waals surface area contributed by atoms with Crippen molar-refractivity contribution >= 4 is 12.2 Å². The summed E-state index contributed by atoms with van der Waals surface area (Å²) in [5.41, 5.74) is 2.76. The molecule has 1 heterocycles. The zero-order chi connectivity index (χ0) is 11.0. The third-order valence-corrected chi connectivity index (χ3v) is 2.56. The number of benzene rings is 1. The zero-order valence-corrected chi connectivity index (χ0v) is 9.31. The first-order chi connectivity index (χ1) is 7.09. The van der Waals surface area contributed by atoms with Gasteiger partial charge in [-0.05, 0) is 37.7 Å². The maximum absolute atomic E-state index is 11.5. The van der Waals surface area contributed by atoms with Crippen LogP contribution in [0.25, 0.3) is 5.69 Å². The van der Waals surface area contributed by atoms with Crippen molar-refractivity contribution in [2.75, 3.05) is 0 Å². The molecule has 2 aromatic rings. The molecular weight excluding hydrogens is 210 g/mol. The van der Waals surface area contributed by atoms with E-state index in [2.05, 4.69) is 10.2 Å². The Labute approximate surface area is 91.6 Å². The Kier molecular flexibility index (Phi) is 2.32. The summed E-state index contributed by atoms with van der Waals surface area (Å²) in [5.74, 6) is 0. The van der Waals surface area contributed by atoms with Crippen molar-refractivity contribution in [3.8, 4) is 5.69 Å². The summed E-state index contributed by atoms with van der Waals surface area (Å²) in [7, 11) is 0. The van der Waals surface area contributed by atoms with Crippen molar-refractivity contribution in [3.05, 3.63) is 44.6 Å². The van der Waals surface area contributed by atoms with Gasteiger partial charge in [0.05, 0.1) is 5.69 Å². The van der Waals surface area contributed by atoms with Crippen LogP contribution >= 0.6 is 12.2 Å². The van der Waals surface area contributed by atoms with Crippen LogP contribution in [0.2, 0.25) is 0 Å². The van der Waals surface area contributed by atoms with Gasteiger partial charge >= 0.3 is 5.69 Å². The van der Waals surface area contributed by atoms with Gasteiger partial charge in [0, 0.05) is 0 Å². The maximum atomic E-state index is 11.5. The van der Waals surface area contributed by atoms with Gasteiger partial charge in [-0.1, -0.05) is 17.7 Å². The van der Waals surface area contributed by atoms with Gasteiger partial charge in [-0.15, -0.1) is 0 Å². The molecule has 15 heavy (non-hydrogen) atoms. The van der Waals surface area contributed by atoms with Crippen LogP contribution in [0.3, 0.4) is 0 Å². The number of nitrogens with one attached hydrogen (secondary N) is 2. The Hall–Kier alpha value is -1.62. The van der Waals surface area contributed by atoms with Crippen molar-refractivity contribution in [1.82, 2.24) is 14.8 Å². The molecule has 1 aromatic heterocycles. The van der Waals surface area contributed by atoms with Crippen molar-refractivity contribution in [1.29, 1.82) is 0 Å². The number of nitrogens with zero attached hydrogens (tertiary/aromatic N) is 1. The third-order valence-electron chi connectivity index (χ3n) is 2.28. The van der Waals surface area contributed by atoms with Crippen LogP contribution in [0.1, 0.15) is 11.1 Å². The van der Waals surface area contributed by atoms with Crippen LogP contribution < -0.4 is 5.69 Å². The van der Waals surface area contributed by atoms with Gasteiger partial charge < -0.3 is 0 Å². The normalized spacial score (nSPS) is 10.5. The fourth-order valence-electron chi connectivity index (χ4n) is 1.59. The third kappa shape index (κ3) is 1.66. The highest BCUT2D eigenvalue weighted by Crippen LogP contribution is 2.13. The lowest BCUT2D eigenvalue weighted by Gasteiger charge is -2.05. The van der Waals surface area contributed by atoms with Crippen LogP contribution in [0.5, 0.6) is 0 Å². The lowest BCUT2D eigenvalue weighted by atomic mass is 10.1. The molecule has 2 N–H and O–H groups in total. The van der Waals surface area contributed by atoms with E-state index in [9.17, 15) is 4.79 Å². The standard InChI is InChI=1S/C10H11N3OS/c1-6-3-4-8(7(2)5-6)13-9(14)11-12-10(13)15/h3-5H,1-2H3,(H,11,14)(H,12,15). The number of aromatic amines is 2. The molecule has 0 aliphatic rings. The van der Waals surface area contributed by atoms with Gasteiger partial charge in [-0.25, -0.2) is 14.5 Å². The fourth-order valence-corrected chi connectivity index (χ4v) is 1.82. The molecule has 2 rings (SSSR count). The molecule has 0 unspecified atom stereocenters. The minimum absolute atomic E-state index is 0.244. The Morgan fingerprint density at radius 1 is 1.27 bits per heavy atom. The first kappa shape index (κ1) is 9.92. The Morgan fingerprint density at radius 3 is 2.53 bits per heavy atom. The quantitative estimate of drug-likeness (QED) is 0.722. The first-order valence-electron chi connectivity index (χ1n) is 4.57. The number of rotatable bonds is 1. The van der Waals surface area contributed by atoms with Gasteiger partial charge in [-0.2, -0.15) is 0 Å². The van der Waals surface area contributed by atoms with Crippen molar-refractivity contribution in [2.24, 2.45) is 0 Å². The fraction of sp³-hybridized carbons (Fsp3) is 0.200. The smallest absolute Gasteiger partial charge is 0.272 e. The van der Waals surface area contributed by atoms with Gasteiger partial charge in [0.1, 0.15) is 0 Å². The van der Waals surface area contributed by atoms with Crippen LogP contribution in [0.4, 0.5) is 0 Å². The van der Waals surface area contributed by atoms with E-state index in [1.807, 2.05) is 32.0 Å². The first-order valence-corrected chi connectivity index (χ1v) is 4.98. The molecule has 78 valence electrons. The molecule has 0 atom stereocenters. The topological polar surface area (TPSA) is 53.6 Å². The second-order valence-electron chi connectivity index (χ2n) is 3.49. The van der Waals surface area contributed by atoms with Gasteiger partial charge in [0.2, 0.25) is 4.77 Å². The van der Waals surface area contributed by atoms with E-state index in [0.717, 1.165) is 16.8 Å². The summed E-state index contributed by atoms with van der Waals surface area (Å²) in [6.45, 7) is 3.97. The number of H-pyrrole nitrogens is 2. The van der Waals surface area contributed by atoms with Gasteiger partial charge in [0.15, 0.2) is 0 Å². The highest BCUT2D eigenvalue weighted by Gasteiger charge is 2.05. The van der Waals surface area contributed by atoms with E-state index in [0.29, 0.717) is 4.77 Å². The lowest BCUT2D eigenvalue weighted by molar-refractivity contribution is 0.963. The summed E-state index contributed by atoms with van der Waals surface area (Å²) >= 11 is 5.02. The number of hydrogen-bond donors (Lipinski definition) is 2. The van der Waals surface area contributed by atoms with Gasteiger partial charge in [0.25, 0.3) is 0 Å². The second kappa shape index (κ2) is 3.51. The van der Waals surface area contributed by atoms with Crippen molar-refractivity contribution in [3.63, 3.8) is 0 Å². The molecule has 0 bridgehead atoms. The van der Waals surface area contributed by atoms with Gasteiger partial charge in [-0.3, -0.25) is 5.10 Å².